The lowest BCUT2D eigenvalue weighted by Crippen LogP contribution is -1.92. The molecule has 0 aliphatic heterocycles. The highest BCUT2D eigenvalue weighted by Gasteiger charge is 1.98. The third kappa shape index (κ3) is 3.46. The highest BCUT2D eigenvalue weighted by molar-refractivity contribution is 7.98. The summed E-state index contributed by atoms with van der Waals surface area (Å²) in [6.45, 7) is 0. The minimum Gasteiger partial charge on any atom is -0.373 e. The largest absolute Gasteiger partial charge is 0.373 e. The average molecular weight is 248 g/mol. The van der Waals surface area contributed by atoms with Crippen molar-refractivity contribution in [2.45, 2.75) is 10.6 Å². The van der Waals surface area contributed by atoms with Crippen molar-refractivity contribution < 1.29 is 4.39 Å². The van der Waals surface area contributed by atoms with Crippen LogP contribution in [0.15, 0.2) is 47.5 Å². The van der Waals surface area contributed by atoms with Gasteiger partial charge in [0.25, 0.3) is 0 Å². The number of rotatable bonds is 4. The number of hydrogen-bond acceptors (Lipinski definition) is 3. The van der Waals surface area contributed by atoms with Gasteiger partial charge in [-0.05, 0) is 42.0 Å². The standard InChI is InChI=1S/C13H13FN2S/c1-15-13-8-10(6-7-16-13)9-17-12-4-2-11(14)3-5-12/h2-8H,9H2,1H3,(H,15,16). The molecule has 2 rings (SSSR count). The monoisotopic (exact) mass is 248 g/mol. The highest BCUT2D eigenvalue weighted by atomic mass is 32.2. The second-order valence-electron chi connectivity index (χ2n) is 3.54. The molecule has 0 bridgehead atoms. The Bertz CT molecular complexity index is 485. The van der Waals surface area contributed by atoms with Crippen LogP contribution in [0.1, 0.15) is 5.56 Å². The predicted molar refractivity (Wildman–Crippen MR) is 69.7 cm³/mol. The molecule has 0 fully saturated rings. The zero-order valence-electron chi connectivity index (χ0n) is 9.48. The van der Waals surface area contributed by atoms with Crippen molar-refractivity contribution in [2.24, 2.45) is 0 Å². The van der Waals surface area contributed by atoms with Crippen LogP contribution in [-0.2, 0) is 5.75 Å². The third-order valence-electron chi connectivity index (χ3n) is 2.30. The van der Waals surface area contributed by atoms with Crippen molar-refractivity contribution in [2.75, 3.05) is 12.4 Å². The number of benzene rings is 1. The summed E-state index contributed by atoms with van der Waals surface area (Å²) in [5, 5.41) is 3.00. The third-order valence-corrected chi connectivity index (χ3v) is 3.38. The van der Waals surface area contributed by atoms with Crippen LogP contribution in [0.4, 0.5) is 10.2 Å². The molecular formula is C13H13FN2S. The second-order valence-corrected chi connectivity index (χ2v) is 4.59. The molecule has 0 amide bonds. The van der Waals surface area contributed by atoms with Gasteiger partial charge in [-0.15, -0.1) is 11.8 Å². The van der Waals surface area contributed by atoms with Crippen LogP contribution in [0, 0.1) is 5.82 Å². The fraction of sp³-hybridized carbons (Fsp3) is 0.154. The maximum atomic E-state index is 12.7. The number of thioether (sulfide) groups is 1. The van der Waals surface area contributed by atoms with Crippen LogP contribution in [0.3, 0.4) is 0 Å². The maximum Gasteiger partial charge on any atom is 0.125 e. The molecule has 0 radical (unpaired) electrons. The van der Waals surface area contributed by atoms with Crippen LogP contribution >= 0.6 is 11.8 Å². The van der Waals surface area contributed by atoms with Gasteiger partial charge in [-0.1, -0.05) is 0 Å². The molecule has 1 heterocycles. The van der Waals surface area contributed by atoms with Crippen LogP contribution < -0.4 is 5.32 Å². The van der Waals surface area contributed by atoms with Gasteiger partial charge in [0.05, 0.1) is 0 Å². The Labute approximate surface area is 104 Å². The molecule has 2 aromatic rings. The lowest BCUT2D eigenvalue weighted by atomic mass is 10.3. The average Bonchev–Trinajstić information content (AvgIpc) is 2.38. The first-order chi connectivity index (χ1) is 8.28. The number of nitrogens with zero attached hydrogens (tertiary/aromatic N) is 1. The summed E-state index contributed by atoms with van der Waals surface area (Å²) in [5.41, 5.74) is 1.19. The quantitative estimate of drug-likeness (QED) is 0.837. The zero-order valence-corrected chi connectivity index (χ0v) is 10.3. The molecule has 0 aliphatic carbocycles. The first kappa shape index (κ1) is 11.9. The van der Waals surface area contributed by atoms with Gasteiger partial charge in [-0.25, -0.2) is 9.37 Å². The van der Waals surface area contributed by atoms with Gasteiger partial charge in [-0.2, -0.15) is 0 Å². The summed E-state index contributed by atoms with van der Waals surface area (Å²) in [6.07, 6.45) is 1.78. The fourth-order valence-electron chi connectivity index (χ4n) is 1.40. The highest BCUT2D eigenvalue weighted by Crippen LogP contribution is 2.23. The molecule has 88 valence electrons. The molecule has 17 heavy (non-hydrogen) atoms. The van der Waals surface area contributed by atoms with Crippen LogP contribution in [0.5, 0.6) is 0 Å². The summed E-state index contributed by atoms with van der Waals surface area (Å²) in [4.78, 5) is 5.22. The molecule has 1 N–H and O–H groups in total. The molecular weight excluding hydrogens is 235 g/mol. The van der Waals surface area contributed by atoms with E-state index in [1.165, 1.54) is 17.7 Å². The minimum absolute atomic E-state index is 0.198. The topological polar surface area (TPSA) is 24.9 Å². The lowest BCUT2D eigenvalue weighted by Gasteiger charge is -2.04. The molecule has 0 saturated heterocycles. The van der Waals surface area contributed by atoms with E-state index in [1.807, 2.05) is 19.2 Å². The van der Waals surface area contributed by atoms with Crippen molar-refractivity contribution >= 4 is 17.6 Å². The van der Waals surface area contributed by atoms with E-state index in [0.717, 1.165) is 16.5 Å². The molecule has 0 atom stereocenters. The first-order valence-electron chi connectivity index (χ1n) is 5.29. The molecule has 1 aromatic heterocycles. The van der Waals surface area contributed by atoms with Gasteiger partial charge in [0.15, 0.2) is 0 Å². The van der Waals surface area contributed by atoms with E-state index in [-0.39, 0.29) is 5.82 Å². The van der Waals surface area contributed by atoms with E-state index in [4.69, 9.17) is 0 Å². The minimum atomic E-state index is -0.198. The van der Waals surface area contributed by atoms with Crippen molar-refractivity contribution in [1.29, 1.82) is 0 Å². The fourth-order valence-corrected chi connectivity index (χ4v) is 2.24. The van der Waals surface area contributed by atoms with Crippen LogP contribution in [0.25, 0.3) is 0 Å². The number of anilines is 1. The predicted octanol–water partition coefficient (Wildman–Crippen LogP) is 3.55. The molecule has 1 aromatic carbocycles. The second kappa shape index (κ2) is 5.68. The summed E-state index contributed by atoms with van der Waals surface area (Å²) in [7, 11) is 1.85. The van der Waals surface area contributed by atoms with E-state index >= 15 is 0 Å². The Morgan fingerprint density at radius 2 is 2.00 bits per heavy atom. The summed E-state index contributed by atoms with van der Waals surface area (Å²) < 4.78 is 12.7. The number of hydrogen-bond donors (Lipinski definition) is 1. The van der Waals surface area contributed by atoms with E-state index in [9.17, 15) is 4.39 Å². The zero-order chi connectivity index (χ0) is 12.1. The van der Waals surface area contributed by atoms with E-state index < -0.39 is 0 Å². The SMILES string of the molecule is CNc1cc(CSc2ccc(F)cc2)ccn1. The van der Waals surface area contributed by atoms with Gasteiger partial charge >= 0.3 is 0 Å². The number of aromatic nitrogens is 1. The Morgan fingerprint density at radius 3 is 2.71 bits per heavy atom. The van der Waals surface area contributed by atoms with Crippen molar-refractivity contribution in [3.8, 4) is 0 Å². The maximum absolute atomic E-state index is 12.7. The molecule has 4 heteroatoms. The van der Waals surface area contributed by atoms with Gasteiger partial charge < -0.3 is 5.32 Å². The number of pyridine rings is 1. The van der Waals surface area contributed by atoms with E-state index in [2.05, 4.69) is 10.3 Å². The Morgan fingerprint density at radius 1 is 1.24 bits per heavy atom. The Kier molecular flexibility index (Phi) is 3.98. The summed E-state index contributed by atoms with van der Waals surface area (Å²) >= 11 is 1.68. The van der Waals surface area contributed by atoms with Gasteiger partial charge in [0, 0.05) is 23.9 Å². The number of halogens is 1. The lowest BCUT2D eigenvalue weighted by molar-refractivity contribution is 0.626. The van der Waals surface area contributed by atoms with Crippen molar-refractivity contribution in [3.63, 3.8) is 0 Å². The molecule has 0 aliphatic rings. The van der Waals surface area contributed by atoms with Gasteiger partial charge in [0.2, 0.25) is 0 Å². The van der Waals surface area contributed by atoms with Gasteiger partial charge in [-0.3, -0.25) is 0 Å². The first-order valence-corrected chi connectivity index (χ1v) is 6.27. The van der Waals surface area contributed by atoms with Crippen molar-refractivity contribution in [3.05, 3.63) is 54.0 Å². The smallest absolute Gasteiger partial charge is 0.125 e. The molecule has 0 spiro atoms. The molecule has 0 saturated carbocycles. The summed E-state index contributed by atoms with van der Waals surface area (Å²) in [6, 6.07) is 10.5. The van der Waals surface area contributed by atoms with E-state index in [1.54, 1.807) is 30.1 Å². The van der Waals surface area contributed by atoms with Crippen molar-refractivity contribution in [1.82, 2.24) is 4.98 Å². The molecule has 0 unspecified atom stereocenters. The van der Waals surface area contributed by atoms with Crippen LogP contribution in [0.2, 0.25) is 0 Å². The van der Waals surface area contributed by atoms with Crippen LogP contribution in [-0.4, -0.2) is 12.0 Å². The molecule has 2 nitrogen and oxygen atoms in total. The normalized spacial score (nSPS) is 10.2. The summed E-state index contributed by atoms with van der Waals surface area (Å²) in [5.74, 6) is 1.51. The van der Waals surface area contributed by atoms with E-state index in [0.29, 0.717) is 0 Å². The van der Waals surface area contributed by atoms with Gasteiger partial charge in [0.1, 0.15) is 11.6 Å². The number of nitrogens with one attached hydrogen (secondary N) is 1. The Hall–Kier alpha value is -1.55. The Balaban J connectivity index is 1.99.